The van der Waals surface area contributed by atoms with Crippen molar-refractivity contribution in [1.82, 2.24) is 10.4 Å². The van der Waals surface area contributed by atoms with Gasteiger partial charge in [0.15, 0.2) is 11.6 Å². The lowest BCUT2D eigenvalue weighted by molar-refractivity contribution is -0.134. The Morgan fingerprint density at radius 1 is 1.37 bits per heavy atom. The van der Waals surface area contributed by atoms with Crippen LogP contribution in [0, 0.1) is 11.6 Å². The molecule has 1 aromatic carbocycles. The third-order valence-electron chi connectivity index (χ3n) is 3.33. The van der Waals surface area contributed by atoms with Crippen LogP contribution in [0.15, 0.2) is 29.8 Å². The van der Waals surface area contributed by atoms with Crippen LogP contribution in [0.3, 0.4) is 0 Å². The van der Waals surface area contributed by atoms with Gasteiger partial charge in [0.05, 0.1) is 6.04 Å². The second kappa shape index (κ2) is 5.48. The Labute approximate surface area is 110 Å². The third kappa shape index (κ3) is 2.66. The van der Waals surface area contributed by atoms with Gasteiger partial charge < -0.3 is 0 Å². The van der Waals surface area contributed by atoms with Crippen molar-refractivity contribution in [3.63, 3.8) is 0 Å². The van der Waals surface area contributed by atoms with Crippen LogP contribution in [0.4, 0.5) is 8.78 Å². The number of nitrogens with zero attached hydrogens (tertiary/aromatic N) is 1. The maximum atomic E-state index is 13.2. The molecule has 1 aliphatic rings. The van der Waals surface area contributed by atoms with Gasteiger partial charge in [-0.2, -0.15) is 0 Å². The van der Waals surface area contributed by atoms with E-state index in [1.807, 2.05) is 6.92 Å². The summed E-state index contributed by atoms with van der Waals surface area (Å²) >= 11 is 0. The van der Waals surface area contributed by atoms with Crippen LogP contribution in [0.1, 0.15) is 31.9 Å². The molecular weight excluding hydrogens is 250 g/mol. The molecule has 1 aliphatic heterocycles. The van der Waals surface area contributed by atoms with E-state index < -0.39 is 11.6 Å². The summed E-state index contributed by atoms with van der Waals surface area (Å²) in [5, 5.41) is 1.46. The molecule has 0 saturated carbocycles. The molecule has 0 spiro atoms. The van der Waals surface area contributed by atoms with E-state index in [0.717, 1.165) is 17.7 Å². The SMILES string of the molecule is C/C=C1\CCNN(C(C)c2ccc(F)c(F)c2)C1=O. The first kappa shape index (κ1) is 13.7. The summed E-state index contributed by atoms with van der Waals surface area (Å²) < 4.78 is 26.2. The van der Waals surface area contributed by atoms with E-state index in [4.69, 9.17) is 0 Å². The first-order chi connectivity index (χ1) is 9.04. The van der Waals surface area contributed by atoms with Crippen molar-refractivity contribution in [3.05, 3.63) is 47.0 Å². The highest BCUT2D eigenvalue weighted by atomic mass is 19.2. The summed E-state index contributed by atoms with van der Waals surface area (Å²) in [6.07, 6.45) is 2.46. The molecule has 1 saturated heterocycles. The van der Waals surface area contributed by atoms with Gasteiger partial charge in [0.2, 0.25) is 0 Å². The van der Waals surface area contributed by atoms with E-state index in [1.54, 1.807) is 13.0 Å². The number of hydrogen-bond donors (Lipinski definition) is 1. The Hall–Kier alpha value is -1.75. The number of hydrazine groups is 1. The molecule has 0 radical (unpaired) electrons. The van der Waals surface area contributed by atoms with Gasteiger partial charge in [-0.1, -0.05) is 12.1 Å². The molecule has 3 nitrogen and oxygen atoms in total. The molecule has 19 heavy (non-hydrogen) atoms. The number of nitrogens with one attached hydrogen (secondary N) is 1. The molecule has 1 aromatic rings. The largest absolute Gasteiger partial charge is 0.268 e. The number of amides is 1. The first-order valence-corrected chi connectivity index (χ1v) is 6.21. The monoisotopic (exact) mass is 266 g/mol. The lowest BCUT2D eigenvalue weighted by Gasteiger charge is -2.34. The molecule has 1 amide bonds. The first-order valence-electron chi connectivity index (χ1n) is 6.21. The molecule has 1 N–H and O–H groups in total. The minimum absolute atomic E-state index is 0.119. The van der Waals surface area contributed by atoms with Gasteiger partial charge in [0, 0.05) is 12.1 Å². The van der Waals surface area contributed by atoms with Crippen LogP contribution < -0.4 is 5.43 Å². The lowest BCUT2D eigenvalue weighted by atomic mass is 10.0. The fourth-order valence-corrected chi connectivity index (χ4v) is 2.15. The van der Waals surface area contributed by atoms with Crippen molar-refractivity contribution in [2.75, 3.05) is 6.54 Å². The fourth-order valence-electron chi connectivity index (χ4n) is 2.15. The van der Waals surface area contributed by atoms with Gasteiger partial charge in [0.1, 0.15) is 0 Å². The number of hydrogen-bond acceptors (Lipinski definition) is 2. The molecule has 1 atom stereocenters. The zero-order valence-electron chi connectivity index (χ0n) is 10.9. The number of allylic oxidation sites excluding steroid dienone is 1. The van der Waals surface area contributed by atoms with E-state index in [-0.39, 0.29) is 11.9 Å². The van der Waals surface area contributed by atoms with Crippen molar-refractivity contribution in [3.8, 4) is 0 Å². The Morgan fingerprint density at radius 3 is 2.74 bits per heavy atom. The molecule has 102 valence electrons. The molecule has 2 rings (SSSR count). The van der Waals surface area contributed by atoms with E-state index in [2.05, 4.69) is 5.43 Å². The highest BCUT2D eigenvalue weighted by molar-refractivity contribution is 5.94. The second-order valence-corrected chi connectivity index (χ2v) is 4.50. The fraction of sp³-hybridized carbons (Fsp3) is 0.357. The van der Waals surface area contributed by atoms with Crippen LogP contribution in [-0.2, 0) is 4.79 Å². The van der Waals surface area contributed by atoms with E-state index in [0.29, 0.717) is 18.5 Å². The van der Waals surface area contributed by atoms with Crippen LogP contribution in [-0.4, -0.2) is 17.5 Å². The van der Waals surface area contributed by atoms with Gasteiger partial charge in [-0.3, -0.25) is 9.80 Å². The lowest BCUT2D eigenvalue weighted by Crippen LogP contribution is -2.49. The van der Waals surface area contributed by atoms with Gasteiger partial charge in [-0.25, -0.2) is 14.2 Å². The number of carbonyl (C=O) groups is 1. The summed E-state index contributed by atoms with van der Waals surface area (Å²) in [6, 6.07) is 3.32. The van der Waals surface area contributed by atoms with Crippen molar-refractivity contribution >= 4 is 5.91 Å². The number of carbonyl (C=O) groups excluding carboxylic acids is 1. The summed E-state index contributed by atoms with van der Waals surface area (Å²) in [7, 11) is 0. The number of halogens is 2. The quantitative estimate of drug-likeness (QED) is 0.835. The van der Waals surface area contributed by atoms with E-state index >= 15 is 0 Å². The standard InChI is InChI=1S/C14H16F2N2O/c1-3-10-6-7-17-18(14(10)19)9(2)11-4-5-12(15)13(16)8-11/h3-5,8-9,17H,6-7H2,1-2H3/b10-3+. The second-order valence-electron chi connectivity index (χ2n) is 4.50. The van der Waals surface area contributed by atoms with Gasteiger partial charge in [0.25, 0.3) is 5.91 Å². The molecule has 1 fully saturated rings. The third-order valence-corrected chi connectivity index (χ3v) is 3.33. The maximum absolute atomic E-state index is 13.2. The summed E-state index contributed by atoms with van der Waals surface area (Å²) in [4.78, 5) is 12.2. The molecule has 1 unspecified atom stereocenters. The Bertz CT molecular complexity index is 528. The maximum Gasteiger partial charge on any atom is 0.264 e. The highest BCUT2D eigenvalue weighted by Crippen LogP contribution is 2.24. The van der Waals surface area contributed by atoms with Crippen LogP contribution in [0.25, 0.3) is 0 Å². The molecular formula is C14H16F2N2O. The zero-order chi connectivity index (χ0) is 14.0. The number of benzene rings is 1. The molecule has 0 aromatic heterocycles. The van der Waals surface area contributed by atoms with Crippen LogP contribution in [0.5, 0.6) is 0 Å². The molecule has 0 aliphatic carbocycles. The van der Waals surface area contributed by atoms with Gasteiger partial charge in [-0.05, 0) is 38.0 Å². The van der Waals surface area contributed by atoms with Crippen molar-refractivity contribution < 1.29 is 13.6 Å². The molecule has 5 heteroatoms. The smallest absolute Gasteiger partial charge is 0.264 e. The van der Waals surface area contributed by atoms with Gasteiger partial charge in [-0.15, -0.1) is 0 Å². The van der Waals surface area contributed by atoms with Crippen LogP contribution >= 0.6 is 0 Å². The van der Waals surface area contributed by atoms with Crippen LogP contribution in [0.2, 0.25) is 0 Å². The summed E-state index contributed by atoms with van der Waals surface area (Å²) in [6.45, 7) is 4.24. The topological polar surface area (TPSA) is 32.3 Å². The van der Waals surface area contributed by atoms with E-state index in [9.17, 15) is 13.6 Å². The van der Waals surface area contributed by atoms with Crippen molar-refractivity contribution in [2.24, 2.45) is 0 Å². The normalized spacial score (nSPS) is 19.9. The predicted molar refractivity (Wildman–Crippen MR) is 68.0 cm³/mol. The Morgan fingerprint density at radius 2 is 2.11 bits per heavy atom. The summed E-state index contributed by atoms with van der Waals surface area (Å²) in [5.41, 5.74) is 4.27. The molecule has 1 heterocycles. The van der Waals surface area contributed by atoms with Crippen molar-refractivity contribution in [2.45, 2.75) is 26.3 Å². The van der Waals surface area contributed by atoms with Gasteiger partial charge >= 0.3 is 0 Å². The highest BCUT2D eigenvalue weighted by Gasteiger charge is 2.27. The predicted octanol–water partition coefficient (Wildman–Crippen LogP) is 2.71. The van der Waals surface area contributed by atoms with Crippen molar-refractivity contribution in [1.29, 1.82) is 0 Å². The Balaban J connectivity index is 2.25. The summed E-state index contributed by atoms with van der Waals surface area (Å²) in [5.74, 6) is -1.91. The average Bonchev–Trinajstić information content (AvgIpc) is 2.41. The minimum Gasteiger partial charge on any atom is -0.268 e. The average molecular weight is 266 g/mol. The number of rotatable bonds is 2. The zero-order valence-corrected chi connectivity index (χ0v) is 10.9. The van der Waals surface area contributed by atoms with E-state index in [1.165, 1.54) is 11.1 Å². The molecule has 0 bridgehead atoms. The Kier molecular flexibility index (Phi) is 3.95. The minimum atomic E-state index is -0.903.